The van der Waals surface area contributed by atoms with Gasteiger partial charge in [-0.15, -0.1) is 0 Å². The second-order valence-electron chi connectivity index (χ2n) is 15.5. The Balaban J connectivity index is 0.868. The van der Waals surface area contributed by atoms with Crippen LogP contribution in [0.3, 0.4) is 0 Å². The Kier molecular flexibility index (Phi) is 11.5. The Morgan fingerprint density at radius 2 is 1.67 bits per heavy atom. The fraction of sp³-hybridized carbons (Fsp3) is 0.439. The molecule has 3 aromatic carbocycles. The Morgan fingerprint density at radius 3 is 2.37 bits per heavy atom. The van der Waals surface area contributed by atoms with Crippen LogP contribution >= 0.6 is 0 Å². The lowest BCUT2D eigenvalue weighted by Gasteiger charge is -2.35. The van der Waals surface area contributed by atoms with Gasteiger partial charge < -0.3 is 25.5 Å². The van der Waals surface area contributed by atoms with E-state index in [2.05, 4.69) is 21.0 Å². The van der Waals surface area contributed by atoms with Crippen LogP contribution in [-0.4, -0.2) is 104 Å². The van der Waals surface area contributed by atoms with Crippen LogP contribution in [0.1, 0.15) is 92.1 Å². The smallest absolute Gasteiger partial charge is 0.338 e. The number of fused-ring (bicyclic) bond motifs is 1. The number of hydrogen-bond acceptors (Lipinski definition) is 11. The zero-order chi connectivity index (χ0) is 40.5. The van der Waals surface area contributed by atoms with E-state index in [4.69, 9.17) is 0 Å². The molecule has 302 valence electrons. The molecule has 0 saturated carbocycles. The quantitative estimate of drug-likeness (QED) is 0.156. The summed E-state index contributed by atoms with van der Waals surface area (Å²) in [4.78, 5) is 70.5. The largest absolute Gasteiger partial charge is 0.508 e. The lowest BCUT2D eigenvalue weighted by Crippen LogP contribution is -2.51. The van der Waals surface area contributed by atoms with Crippen molar-refractivity contribution in [3.8, 4) is 11.5 Å². The van der Waals surface area contributed by atoms with Crippen LogP contribution in [0.15, 0.2) is 54.6 Å². The van der Waals surface area contributed by atoms with Crippen LogP contribution < -0.4 is 21.0 Å². The molecule has 0 aliphatic carbocycles. The number of phenols is 2. The van der Waals surface area contributed by atoms with E-state index < -0.39 is 24.3 Å². The number of aromatic hydroxyl groups is 2. The number of aliphatic hydroxyl groups is 1. The second-order valence-corrected chi connectivity index (χ2v) is 15.5. The van der Waals surface area contributed by atoms with Crippen LogP contribution in [0.2, 0.25) is 0 Å². The third-order valence-electron chi connectivity index (χ3n) is 11.3. The van der Waals surface area contributed by atoms with Gasteiger partial charge in [0.2, 0.25) is 23.6 Å². The van der Waals surface area contributed by atoms with Gasteiger partial charge in [0.25, 0.3) is 0 Å². The molecule has 3 unspecified atom stereocenters. The third-order valence-corrected chi connectivity index (χ3v) is 11.3. The molecule has 6 amide bonds. The number of hydrazine groups is 1. The number of hydrogen-bond donors (Lipinski definition) is 6. The number of piperidine rings is 1. The molecule has 6 N–H and O–H groups in total. The van der Waals surface area contributed by atoms with Gasteiger partial charge in [-0.25, -0.2) is 4.79 Å². The van der Waals surface area contributed by atoms with Crippen molar-refractivity contribution in [2.75, 3.05) is 43.4 Å². The molecule has 57 heavy (non-hydrogen) atoms. The standard InChI is InChI=1S/C41H50N8O8/c1-24(2)28-20-29(34(51)21-33(28)50)39-45(3)44-41(57)49(39)26-12-10-25(11-13-26)22-46-16-18-47(19-17-46)37(54)9-5-8-35(52)42-31-7-4-6-27-30(31)23-48(40(27)56)32-14-15-36(53)43-38(32)55/h4,6-7,10-13,20-21,24,32,39-40,50-51,56H,5,8-9,14-19,22-23H2,1-3H3,(H,42,52)(H,44,57)(H,43,53,55). The fourth-order valence-corrected chi connectivity index (χ4v) is 8.25. The van der Waals surface area contributed by atoms with Crippen LogP contribution in [0.5, 0.6) is 11.5 Å². The highest BCUT2D eigenvalue weighted by Gasteiger charge is 2.41. The monoisotopic (exact) mass is 782 g/mol. The summed E-state index contributed by atoms with van der Waals surface area (Å²) < 4.78 is 0. The van der Waals surface area contributed by atoms with Gasteiger partial charge in [0.1, 0.15) is 23.9 Å². The highest BCUT2D eigenvalue weighted by Crippen LogP contribution is 2.42. The van der Waals surface area contributed by atoms with E-state index in [9.17, 15) is 39.3 Å². The highest BCUT2D eigenvalue weighted by molar-refractivity contribution is 6.00. The number of carbonyl (C=O) groups excluding carboxylic acids is 5. The van der Waals surface area contributed by atoms with Gasteiger partial charge in [0, 0.05) is 94.1 Å². The lowest BCUT2D eigenvalue weighted by atomic mass is 9.97. The normalized spacial score (nSPS) is 21.8. The first-order chi connectivity index (χ1) is 27.3. The van der Waals surface area contributed by atoms with Crippen LogP contribution in [-0.2, 0) is 32.3 Å². The van der Waals surface area contributed by atoms with E-state index in [1.54, 1.807) is 46.1 Å². The minimum atomic E-state index is -1.03. The number of nitrogens with one attached hydrogen (secondary N) is 3. The minimum Gasteiger partial charge on any atom is -0.508 e. The molecule has 3 fully saturated rings. The summed E-state index contributed by atoms with van der Waals surface area (Å²) in [5, 5.41) is 39.0. The molecule has 0 bridgehead atoms. The number of carbonyl (C=O) groups is 5. The number of phenolic OH excluding ortho intramolecular Hbond substituents is 2. The predicted molar refractivity (Wildman–Crippen MR) is 209 cm³/mol. The molecule has 4 aliphatic heterocycles. The summed E-state index contributed by atoms with van der Waals surface area (Å²) in [6.07, 6.45) is -0.391. The molecule has 3 saturated heterocycles. The molecular formula is C41H50N8O8. The summed E-state index contributed by atoms with van der Waals surface area (Å²) in [7, 11) is 1.73. The molecule has 3 aromatic rings. The Bertz CT molecular complexity index is 2050. The average molecular weight is 783 g/mol. The maximum Gasteiger partial charge on any atom is 0.338 e. The van der Waals surface area contributed by atoms with Crippen molar-refractivity contribution in [3.05, 3.63) is 82.4 Å². The number of piperazine rings is 1. The SMILES string of the molecule is CC(C)c1cc(C2N(C)NC(=O)N2c2ccc(CN3CCN(C(=O)CCCC(=O)Nc4cccc5c4CN(C4CCC(=O)NC4=O)C5O)CC3)cc2)c(O)cc1O. The Morgan fingerprint density at radius 1 is 0.930 bits per heavy atom. The zero-order valence-corrected chi connectivity index (χ0v) is 32.4. The topological polar surface area (TPSA) is 198 Å². The zero-order valence-electron chi connectivity index (χ0n) is 32.4. The van der Waals surface area contributed by atoms with E-state index in [1.807, 2.05) is 43.0 Å². The fourth-order valence-electron chi connectivity index (χ4n) is 8.25. The molecule has 0 aromatic heterocycles. The van der Waals surface area contributed by atoms with E-state index in [0.717, 1.165) is 11.1 Å². The van der Waals surface area contributed by atoms with Crippen molar-refractivity contribution < 1.29 is 39.3 Å². The number of benzene rings is 3. The highest BCUT2D eigenvalue weighted by atomic mass is 16.3. The van der Waals surface area contributed by atoms with Gasteiger partial charge in [-0.05, 0) is 59.7 Å². The molecule has 4 aliphatic rings. The number of urea groups is 1. The van der Waals surface area contributed by atoms with Gasteiger partial charge in [0.15, 0.2) is 0 Å². The molecule has 0 spiro atoms. The number of rotatable bonds is 11. The van der Waals surface area contributed by atoms with Crippen LogP contribution in [0.25, 0.3) is 0 Å². The van der Waals surface area contributed by atoms with E-state index in [-0.39, 0.29) is 67.0 Å². The molecule has 7 rings (SSSR count). The van der Waals surface area contributed by atoms with Gasteiger partial charge in [-0.3, -0.25) is 44.6 Å². The summed E-state index contributed by atoms with van der Waals surface area (Å²) in [5.74, 6) is -1.10. The molecule has 3 atom stereocenters. The molecular weight excluding hydrogens is 732 g/mol. The molecule has 16 heteroatoms. The van der Waals surface area contributed by atoms with Crippen LogP contribution in [0.4, 0.5) is 16.2 Å². The molecule has 0 radical (unpaired) electrons. The van der Waals surface area contributed by atoms with E-state index >= 15 is 0 Å². The van der Waals surface area contributed by atoms with Crippen molar-refractivity contribution in [1.29, 1.82) is 0 Å². The van der Waals surface area contributed by atoms with Gasteiger partial charge in [-0.1, -0.05) is 38.1 Å². The first-order valence-corrected chi connectivity index (χ1v) is 19.5. The summed E-state index contributed by atoms with van der Waals surface area (Å²) in [6, 6.07) is 15.0. The van der Waals surface area contributed by atoms with Crippen molar-refractivity contribution in [3.63, 3.8) is 0 Å². The number of anilines is 2. The summed E-state index contributed by atoms with van der Waals surface area (Å²) in [6.45, 7) is 7.33. The Labute approximate surface area is 331 Å². The van der Waals surface area contributed by atoms with Gasteiger partial charge in [-0.2, -0.15) is 5.01 Å². The summed E-state index contributed by atoms with van der Waals surface area (Å²) in [5.41, 5.74) is 7.56. The minimum absolute atomic E-state index is 0.000924. The number of aliphatic hydroxyl groups excluding tert-OH is 1. The van der Waals surface area contributed by atoms with Crippen molar-refractivity contribution in [1.82, 2.24) is 30.5 Å². The number of amides is 6. The van der Waals surface area contributed by atoms with Gasteiger partial charge >= 0.3 is 6.03 Å². The summed E-state index contributed by atoms with van der Waals surface area (Å²) >= 11 is 0. The molecule has 16 nitrogen and oxygen atoms in total. The van der Waals surface area contributed by atoms with Crippen molar-refractivity contribution >= 4 is 41.0 Å². The first-order valence-electron chi connectivity index (χ1n) is 19.5. The van der Waals surface area contributed by atoms with Gasteiger partial charge in [0.05, 0.1) is 6.04 Å². The Hall–Kier alpha value is -5.55. The van der Waals surface area contributed by atoms with Crippen molar-refractivity contribution in [2.24, 2.45) is 0 Å². The van der Waals surface area contributed by atoms with E-state index in [1.165, 1.54) is 6.07 Å². The van der Waals surface area contributed by atoms with Crippen molar-refractivity contribution in [2.45, 2.75) is 83.4 Å². The molecule has 4 heterocycles. The van der Waals surface area contributed by atoms with E-state index in [0.29, 0.717) is 73.6 Å². The third kappa shape index (κ3) is 8.30. The number of imide groups is 1. The average Bonchev–Trinajstić information content (AvgIpc) is 3.66. The predicted octanol–water partition coefficient (Wildman–Crippen LogP) is 3.36. The second kappa shape index (κ2) is 16.5. The maximum absolute atomic E-state index is 13.1. The van der Waals surface area contributed by atoms with Crippen LogP contribution in [0, 0.1) is 0 Å². The number of nitrogens with zero attached hydrogens (tertiary/aromatic N) is 5. The first kappa shape index (κ1) is 39.7. The maximum atomic E-state index is 13.1. The lowest BCUT2D eigenvalue weighted by molar-refractivity contribution is -0.142.